The summed E-state index contributed by atoms with van der Waals surface area (Å²) in [4.78, 5) is 26.9. The van der Waals surface area contributed by atoms with Crippen molar-refractivity contribution < 1.29 is 28.5 Å². The summed E-state index contributed by atoms with van der Waals surface area (Å²) < 4.78 is 23.9. The van der Waals surface area contributed by atoms with Crippen molar-refractivity contribution in [1.82, 2.24) is 0 Å². The molecule has 3 aromatic rings. The lowest BCUT2D eigenvalue weighted by Crippen LogP contribution is -2.13. The van der Waals surface area contributed by atoms with Gasteiger partial charge < -0.3 is 18.9 Å². The zero-order valence-corrected chi connectivity index (χ0v) is 31.1. The number of carbonyl (C=O) groups is 2. The Bertz CT molecular complexity index is 1380. The van der Waals surface area contributed by atoms with Crippen LogP contribution in [0.4, 0.5) is 0 Å². The molecule has 0 saturated heterocycles. The third kappa shape index (κ3) is 15.4. The minimum Gasteiger partial charge on any atom is -0.493 e. The summed E-state index contributed by atoms with van der Waals surface area (Å²) in [5, 5.41) is 0. The summed E-state index contributed by atoms with van der Waals surface area (Å²) in [5.74, 6) is 0.998. The molecule has 0 heterocycles. The van der Waals surface area contributed by atoms with Gasteiger partial charge in [0.15, 0.2) is 0 Å². The van der Waals surface area contributed by atoms with E-state index in [-0.39, 0.29) is 0 Å². The third-order valence-corrected chi connectivity index (χ3v) is 8.97. The van der Waals surface area contributed by atoms with Gasteiger partial charge in [0.2, 0.25) is 0 Å². The highest BCUT2D eigenvalue weighted by atomic mass is 16.5. The van der Waals surface area contributed by atoms with E-state index in [0.29, 0.717) is 53.8 Å². The molecule has 0 fully saturated rings. The molecule has 6 nitrogen and oxygen atoms in total. The topological polar surface area (TPSA) is 71.1 Å². The van der Waals surface area contributed by atoms with Crippen molar-refractivity contribution in [3.05, 3.63) is 83.4 Å². The maximum Gasteiger partial charge on any atom is 0.347 e. The molecule has 3 rings (SSSR count). The molecule has 0 atom stereocenters. The van der Waals surface area contributed by atoms with Gasteiger partial charge in [0.05, 0.1) is 13.2 Å². The molecule has 0 aliphatic carbocycles. The molecular weight excluding hydrogens is 624 g/mol. The number of rotatable bonds is 27. The number of aryl methyl sites for hydroxylation is 1. The van der Waals surface area contributed by atoms with Crippen LogP contribution in [0.1, 0.15) is 163 Å². The van der Waals surface area contributed by atoms with Crippen molar-refractivity contribution in [2.75, 3.05) is 13.2 Å². The van der Waals surface area contributed by atoms with E-state index in [1.54, 1.807) is 24.3 Å². The first kappa shape index (κ1) is 40.6. The monoisotopic (exact) mass is 686 g/mol. The lowest BCUT2D eigenvalue weighted by atomic mass is 10.0. The normalized spacial score (nSPS) is 10.9. The second-order valence-electron chi connectivity index (χ2n) is 13.3. The quantitative estimate of drug-likeness (QED) is 0.0451. The van der Waals surface area contributed by atoms with Crippen molar-refractivity contribution in [2.45, 2.75) is 143 Å². The van der Waals surface area contributed by atoms with E-state index in [1.807, 2.05) is 42.5 Å². The Morgan fingerprint density at radius 2 is 0.900 bits per heavy atom. The van der Waals surface area contributed by atoms with Crippen LogP contribution in [-0.4, -0.2) is 25.2 Å². The zero-order chi connectivity index (χ0) is 35.7. The maximum atomic E-state index is 13.5. The summed E-state index contributed by atoms with van der Waals surface area (Å²) in [6.07, 6.45) is 21.5. The Hall–Kier alpha value is -3.80. The predicted octanol–water partition coefficient (Wildman–Crippen LogP) is 12.5. The van der Waals surface area contributed by atoms with Gasteiger partial charge in [0.1, 0.15) is 34.1 Å². The molecule has 0 aliphatic rings. The zero-order valence-electron chi connectivity index (χ0n) is 31.1. The average molecular weight is 687 g/mol. The van der Waals surface area contributed by atoms with Crippen LogP contribution < -0.4 is 18.9 Å². The molecule has 3 aromatic carbocycles. The van der Waals surface area contributed by atoms with Gasteiger partial charge in [0, 0.05) is 0 Å². The summed E-state index contributed by atoms with van der Waals surface area (Å²) in [6.45, 7) is 7.77. The Morgan fingerprint density at radius 1 is 0.460 bits per heavy atom. The SMILES string of the molecule is CCCCCCCCOc1ccccc1C(=O)Oc1ccc(OC(=O)c2ccccc2OCCCCCCCC)c(CCCCCCCC)c1. The smallest absolute Gasteiger partial charge is 0.347 e. The highest BCUT2D eigenvalue weighted by Gasteiger charge is 2.19. The molecule has 0 saturated carbocycles. The lowest BCUT2D eigenvalue weighted by Gasteiger charge is -2.15. The highest BCUT2D eigenvalue weighted by Crippen LogP contribution is 2.30. The van der Waals surface area contributed by atoms with Gasteiger partial charge in [-0.05, 0) is 73.7 Å². The number of hydrogen-bond acceptors (Lipinski definition) is 6. The molecule has 0 unspecified atom stereocenters. The minimum absolute atomic E-state index is 0.393. The van der Waals surface area contributed by atoms with E-state index in [0.717, 1.165) is 50.5 Å². The first-order valence-electron chi connectivity index (χ1n) is 19.6. The molecule has 0 bridgehead atoms. The van der Waals surface area contributed by atoms with Crippen molar-refractivity contribution in [1.29, 1.82) is 0 Å². The first-order valence-corrected chi connectivity index (χ1v) is 19.6. The first-order chi connectivity index (χ1) is 24.6. The largest absolute Gasteiger partial charge is 0.493 e. The van der Waals surface area contributed by atoms with Crippen LogP contribution in [0.25, 0.3) is 0 Å². The third-order valence-electron chi connectivity index (χ3n) is 8.97. The Kier molecular flexibility index (Phi) is 20.5. The van der Waals surface area contributed by atoms with E-state index >= 15 is 0 Å². The van der Waals surface area contributed by atoms with Crippen LogP contribution >= 0.6 is 0 Å². The van der Waals surface area contributed by atoms with Crippen LogP contribution in [0.5, 0.6) is 23.0 Å². The van der Waals surface area contributed by atoms with Gasteiger partial charge in [-0.15, -0.1) is 0 Å². The maximum absolute atomic E-state index is 13.5. The number of hydrogen-bond donors (Lipinski definition) is 0. The predicted molar refractivity (Wildman–Crippen MR) is 204 cm³/mol. The lowest BCUT2D eigenvalue weighted by molar-refractivity contribution is 0.0713. The number of benzene rings is 3. The second kappa shape index (κ2) is 25.2. The van der Waals surface area contributed by atoms with Crippen LogP contribution in [0.2, 0.25) is 0 Å². The van der Waals surface area contributed by atoms with Gasteiger partial charge >= 0.3 is 11.9 Å². The number of ether oxygens (including phenoxy) is 4. The summed E-state index contributed by atoms with van der Waals surface area (Å²) in [6, 6.07) is 19.7. The van der Waals surface area contributed by atoms with E-state index in [9.17, 15) is 9.59 Å². The Morgan fingerprint density at radius 3 is 1.42 bits per heavy atom. The number of para-hydroxylation sites is 2. The number of carbonyl (C=O) groups excluding carboxylic acids is 2. The van der Waals surface area contributed by atoms with Crippen LogP contribution in [0.3, 0.4) is 0 Å². The summed E-state index contributed by atoms with van der Waals surface area (Å²) in [7, 11) is 0. The molecule has 274 valence electrons. The molecule has 0 spiro atoms. The fourth-order valence-corrected chi connectivity index (χ4v) is 5.98. The minimum atomic E-state index is -0.477. The summed E-state index contributed by atoms with van der Waals surface area (Å²) in [5.41, 5.74) is 1.62. The van der Waals surface area contributed by atoms with Gasteiger partial charge in [-0.2, -0.15) is 0 Å². The Balaban J connectivity index is 1.68. The van der Waals surface area contributed by atoms with E-state index < -0.39 is 11.9 Å². The van der Waals surface area contributed by atoms with Crippen molar-refractivity contribution >= 4 is 11.9 Å². The molecule has 0 radical (unpaired) electrons. The molecule has 6 heteroatoms. The molecular formula is C44H62O6. The molecule has 0 aromatic heterocycles. The van der Waals surface area contributed by atoms with Crippen molar-refractivity contribution in [3.63, 3.8) is 0 Å². The Labute approximate surface area is 302 Å². The highest BCUT2D eigenvalue weighted by molar-refractivity contribution is 5.95. The van der Waals surface area contributed by atoms with Gasteiger partial charge in [-0.25, -0.2) is 9.59 Å². The molecule has 0 N–H and O–H groups in total. The fourth-order valence-electron chi connectivity index (χ4n) is 5.98. The average Bonchev–Trinajstić information content (AvgIpc) is 3.13. The standard InChI is InChI=1S/C44H62O6/c1-4-7-10-13-16-19-26-36-35-37(49-43(45)38-27-20-22-29-41(38)47-33-24-17-14-11-8-5-2)31-32-40(36)50-44(46)39-28-21-23-30-42(39)48-34-25-18-15-12-9-6-3/h20-23,27-32,35H,4-19,24-26,33-34H2,1-3H3. The molecule has 50 heavy (non-hydrogen) atoms. The van der Waals surface area contributed by atoms with E-state index in [1.165, 1.54) is 70.6 Å². The van der Waals surface area contributed by atoms with Crippen LogP contribution in [0.15, 0.2) is 66.7 Å². The molecule has 0 aliphatic heterocycles. The van der Waals surface area contributed by atoms with Crippen molar-refractivity contribution in [2.24, 2.45) is 0 Å². The summed E-state index contributed by atoms with van der Waals surface area (Å²) >= 11 is 0. The van der Waals surface area contributed by atoms with Gasteiger partial charge in [-0.3, -0.25) is 0 Å². The van der Waals surface area contributed by atoms with Crippen molar-refractivity contribution in [3.8, 4) is 23.0 Å². The second-order valence-corrected chi connectivity index (χ2v) is 13.3. The van der Waals surface area contributed by atoms with Gasteiger partial charge in [0.25, 0.3) is 0 Å². The van der Waals surface area contributed by atoms with E-state index in [4.69, 9.17) is 18.9 Å². The fraction of sp³-hybridized carbons (Fsp3) is 0.545. The van der Waals surface area contributed by atoms with Crippen LogP contribution in [-0.2, 0) is 6.42 Å². The number of esters is 2. The van der Waals surface area contributed by atoms with Gasteiger partial charge in [-0.1, -0.05) is 141 Å². The molecule has 0 amide bonds. The van der Waals surface area contributed by atoms with Crippen LogP contribution in [0, 0.1) is 0 Å². The van der Waals surface area contributed by atoms with E-state index in [2.05, 4.69) is 20.8 Å². The number of unbranched alkanes of at least 4 members (excludes halogenated alkanes) is 15.